The van der Waals surface area contributed by atoms with Crippen molar-refractivity contribution in [2.75, 3.05) is 24.6 Å². The van der Waals surface area contributed by atoms with E-state index in [0.717, 1.165) is 0 Å². The maximum absolute atomic E-state index is 2.43. The summed E-state index contributed by atoms with van der Waals surface area (Å²) in [6, 6.07) is 0. The molecular formula is C12H26P2. The lowest BCUT2D eigenvalue weighted by atomic mass is 10.3. The molecule has 1 aliphatic heterocycles. The molecule has 0 atom stereocenters. The van der Waals surface area contributed by atoms with E-state index in [1.807, 2.05) is 0 Å². The summed E-state index contributed by atoms with van der Waals surface area (Å²) in [6.07, 6.45) is 6.17. The van der Waals surface area contributed by atoms with Gasteiger partial charge in [-0.2, -0.15) is 0 Å². The number of rotatable bonds is 0. The lowest BCUT2D eigenvalue weighted by Gasteiger charge is -2.42. The second kappa shape index (κ2) is 4.39. The first kappa shape index (κ1) is 12.9. The number of hydrogen-bond donors (Lipinski definition) is 0. The van der Waals surface area contributed by atoms with E-state index in [9.17, 15) is 0 Å². The molecule has 0 aromatic rings. The minimum atomic E-state index is 0.330. The minimum Gasteiger partial charge on any atom is -0.100 e. The lowest BCUT2D eigenvalue weighted by Crippen LogP contribution is -2.26. The molecule has 1 fully saturated rings. The van der Waals surface area contributed by atoms with Gasteiger partial charge in [0.05, 0.1) is 0 Å². The van der Waals surface area contributed by atoms with Crippen LogP contribution in [0.1, 0.15) is 41.5 Å². The zero-order valence-corrected chi connectivity index (χ0v) is 12.5. The molecule has 0 N–H and O–H groups in total. The van der Waals surface area contributed by atoms with Crippen LogP contribution in [-0.4, -0.2) is 35.0 Å². The zero-order chi connectivity index (χ0) is 11.0. The molecule has 84 valence electrons. The Morgan fingerprint density at radius 3 is 0.929 bits per heavy atom. The van der Waals surface area contributed by atoms with Crippen LogP contribution in [0, 0.1) is 0 Å². The van der Waals surface area contributed by atoms with Crippen LogP contribution in [0.3, 0.4) is 0 Å². The standard InChI is InChI=1S/C12H26P2/c1-11(2,3)13-7-9-14(10-8-13)12(4,5)6/h7-10H2,1-6H3. The van der Waals surface area contributed by atoms with Crippen molar-refractivity contribution in [3.05, 3.63) is 0 Å². The predicted octanol–water partition coefficient (Wildman–Crippen LogP) is 4.56. The first-order valence-corrected chi connectivity index (χ1v) is 9.14. The number of hydrogen-bond acceptors (Lipinski definition) is 0. The Morgan fingerprint density at radius 1 is 0.571 bits per heavy atom. The molecule has 0 nitrogen and oxygen atoms in total. The molecule has 1 rings (SSSR count). The van der Waals surface area contributed by atoms with Crippen LogP contribution < -0.4 is 0 Å². The monoisotopic (exact) mass is 232 g/mol. The van der Waals surface area contributed by atoms with Crippen molar-refractivity contribution >= 4 is 15.8 Å². The van der Waals surface area contributed by atoms with Crippen molar-refractivity contribution in [1.82, 2.24) is 0 Å². The fourth-order valence-electron chi connectivity index (χ4n) is 2.05. The molecule has 0 aromatic carbocycles. The predicted molar refractivity (Wildman–Crippen MR) is 72.8 cm³/mol. The topological polar surface area (TPSA) is 0 Å². The molecule has 0 saturated carbocycles. The Balaban J connectivity index is 2.47. The molecule has 0 amide bonds. The normalized spacial score (nSPS) is 30.4. The van der Waals surface area contributed by atoms with E-state index in [1.165, 1.54) is 0 Å². The summed E-state index contributed by atoms with van der Waals surface area (Å²) in [5.41, 5.74) is 0. The highest BCUT2D eigenvalue weighted by atomic mass is 31.1. The Bertz CT molecular complexity index is 155. The Morgan fingerprint density at radius 2 is 0.786 bits per heavy atom. The quantitative estimate of drug-likeness (QED) is 0.537. The van der Waals surface area contributed by atoms with Gasteiger partial charge in [-0.1, -0.05) is 41.5 Å². The van der Waals surface area contributed by atoms with E-state index in [4.69, 9.17) is 0 Å². The van der Waals surface area contributed by atoms with Crippen molar-refractivity contribution in [2.24, 2.45) is 0 Å². The molecule has 0 aromatic heterocycles. The highest BCUT2D eigenvalue weighted by Gasteiger charge is 2.33. The third-order valence-electron chi connectivity index (χ3n) is 3.18. The Kier molecular flexibility index (Phi) is 4.05. The molecule has 0 unspecified atom stereocenters. The smallest absolute Gasteiger partial charge is 0.0179 e. The maximum Gasteiger partial charge on any atom is -0.0179 e. The second-order valence-corrected chi connectivity index (χ2v) is 12.9. The molecule has 1 aliphatic rings. The summed E-state index contributed by atoms with van der Waals surface area (Å²) in [6.45, 7) is 14.6. The van der Waals surface area contributed by atoms with Gasteiger partial charge in [0.1, 0.15) is 0 Å². The molecule has 1 heterocycles. The van der Waals surface area contributed by atoms with Gasteiger partial charge < -0.3 is 0 Å². The van der Waals surface area contributed by atoms with Crippen LogP contribution in [0.5, 0.6) is 0 Å². The van der Waals surface area contributed by atoms with Crippen LogP contribution in [0.25, 0.3) is 0 Å². The molecule has 0 spiro atoms. The highest BCUT2D eigenvalue weighted by Crippen LogP contribution is 2.61. The van der Waals surface area contributed by atoms with Crippen LogP contribution in [0.2, 0.25) is 0 Å². The first-order valence-electron chi connectivity index (χ1n) is 5.71. The summed E-state index contributed by atoms with van der Waals surface area (Å²) >= 11 is 0. The van der Waals surface area contributed by atoms with Gasteiger partial charge in [0.2, 0.25) is 0 Å². The summed E-state index contributed by atoms with van der Waals surface area (Å²) in [5.74, 6) is 0. The molecular weight excluding hydrogens is 206 g/mol. The van der Waals surface area contributed by atoms with E-state index in [1.54, 1.807) is 24.6 Å². The average Bonchev–Trinajstić information content (AvgIpc) is 2.01. The van der Waals surface area contributed by atoms with Crippen LogP contribution in [0.4, 0.5) is 0 Å². The molecule has 2 heteroatoms. The summed E-state index contributed by atoms with van der Waals surface area (Å²) < 4.78 is 0. The van der Waals surface area contributed by atoms with Gasteiger partial charge >= 0.3 is 0 Å². The van der Waals surface area contributed by atoms with E-state index >= 15 is 0 Å². The van der Waals surface area contributed by atoms with Crippen LogP contribution in [-0.2, 0) is 0 Å². The fourth-order valence-corrected chi connectivity index (χ4v) is 9.04. The molecule has 14 heavy (non-hydrogen) atoms. The van der Waals surface area contributed by atoms with Gasteiger partial charge in [0.15, 0.2) is 0 Å². The third kappa shape index (κ3) is 3.46. The highest BCUT2D eigenvalue weighted by molar-refractivity contribution is 7.67. The minimum absolute atomic E-state index is 0.330. The van der Waals surface area contributed by atoms with Crippen molar-refractivity contribution in [1.29, 1.82) is 0 Å². The van der Waals surface area contributed by atoms with Gasteiger partial charge in [0, 0.05) is 0 Å². The van der Waals surface area contributed by atoms with Crippen molar-refractivity contribution < 1.29 is 0 Å². The van der Waals surface area contributed by atoms with Gasteiger partial charge in [0.25, 0.3) is 0 Å². The Hall–Kier alpha value is 0.860. The van der Waals surface area contributed by atoms with E-state index < -0.39 is 0 Å². The summed E-state index contributed by atoms with van der Waals surface area (Å²) in [7, 11) is 0.659. The zero-order valence-electron chi connectivity index (χ0n) is 10.7. The lowest BCUT2D eigenvalue weighted by molar-refractivity contribution is 0.765. The molecule has 0 aliphatic carbocycles. The van der Waals surface area contributed by atoms with Crippen molar-refractivity contribution in [3.8, 4) is 0 Å². The van der Waals surface area contributed by atoms with E-state index in [0.29, 0.717) is 26.2 Å². The van der Waals surface area contributed by atoms with Gasteiger partial charge in [-0.15, -0.1) is 15.8 Å². The summed E-state index contributed by atoms with van der Waals surface area (Å²) in [4.78, 5) is 0. The summed E-state index contributed by atoms with van der Waals surface area (Å²) in [5, 5.41) is 1.21. The Labute approximate surface area is 92.7 Å². The average molecular weight is 232 g/mol. The van der Waals surface area contributed by atoms with Gasteiger partial charge in [-0.05, 0) is 35.0 Å². The molecule has 1 saturated heterocycles. The SMILES string of the molecule is CC(C)(C)P1CCP(C(C)(C)C)CC1. The van der Waals surface area contributed by atoms with E-state index in [-0.39, 0.29) is 0 Å². The first-order chi connectivity index (χ1) is 6.21. The van der Waals surface area contributed by atoms with E-state index in [2.05, 4.69) is 41.5 Å². The van der Waals surface area contributed by atoms with Gasteiger partial charge in [-0.3, -0.25) is 0 Å². The van der Waals surface area contributed by atoms with Crippen LogP contribution in [0.15, 0.2) is 0 Å². The van der Waals surface area contributed by atoms with Crippen molar-refractivity contribution in [2.45, 2.75) is 51.9 Å². The van der Waals surface area contributed by atoms with Crippen molar-refractivity contribution in [3.63, 3.8) is 0 Å². The van der Waals surface area contributed by atoms with Gasteiger partial charge in [-0.25, -0.2) is 0 Å². The molecule has 0 bridgehead atoms. The third-order valence-corrected chi connectivity index (χ3v) is 10.7. The fraction of sp³-hybridized carbons (Fsp3) is 1.00. The molecule has 0 radical (unpaired) electrons. The van der Waals surface area contributed by atoms with Crippen LogP contribution >= 0.6 is 15.8 Å². The second-order valence-electron chi connectivity index (χ2n) is 6.32. The largest absolute Gasteiger partial charge is 0.100 e. The maximum atomic E-state index is 2.43.